The van der Waals surface area contributed by atoms with Crippen LogP contribution in [-0.2, 0) is 24.3 Å². The Morgan fingerprint density at radius 1 is 0.721 bits per heavy atom. The third kappa shape index (κ3) is 7.27. The Morgan fingerprint density at radius 2 is 1.40 bits per heavy atom. The maximum atomic E-state index is 14.8. The monoisotopic (exact) mass is 615 g/mol. The number of alkyl halides is 8. The molecule has 43 heavy (non-hydrogen) atoms. The number of rotatable bonds is 8. The van der Waals surface area contributed by atoms with Gasteiger partial charge in [-0.3, -0.25) is 4.79 Å². The molecule has 226 valence electrons. The molecule has 0 bridgehead atoms. The predicted molar refractivity (Wildman–Crippen MR) is 134 cm³/mol. The molecular formula is C30H19F10NO2. The lowest BCUT2D eigenvalue weighted by Gasteiger charge is -2.37. The van der Waals surface area contributed by atoms with E-state index in [1.54, 1.807) is 18.2 Å². The van der Waals surface area contributed by atoms with Gasteiger partial charge in [0, 0.05) is 12.0 Å². The van der Waals surface area contributed by atoms with Crippen molar-refractivity contribution in [2.75, 3.05) is 0 Å². The number of hydrogen-bond acceptors (Lipinski definition) is 2. The molecule has 0 saturated heterocycles. The fourth-order valence-electron chi connectivity index (χ4n) is 4.55. The third-order valence-corrected chi connectivity index (χ3v) is 6.44. The van der Waals surface area contributed by atoms with Crippen LogP contribution < -0.4 is 10.1 Å². The van der Waals surface area contributed by atoms with Crippen molar-refractivity contribution in [2.45, 2.75) is 30.9 Å². The lowest BCUT2D eigenvalue weighted by molar-refractivity contribution is -0.140. The maximum absolute atomic E-state index is 14.8. The number of amides is 1. The van der Waals surface area contributed by atoms with E-state index in [0.29, 0.717) is 23.8 Å². The molecule has 1 amide bonds. The van der Waals surface area contributed by atoms with E-state index in [-0.39, 0.29) is 17.7 Å². The molecule has 0 spiro atoms. The number of ether oxygens (including phenoxy) is 1. The van der Waals surface area contributed by atoms with Crippen LogP contribution in [0.15, 0.2) is 91.0 Å². The minimum absolute atomic E-state index is 0.181. The van der Waals surface area contributed by atoms with Gasteiger partial charge in [0.1, 0.15) is 17.4 Å². The van der Waals surface area contributed by atoms with Crippen LogP contribution in [-0.4, -0.2) is 12.5 Å². The number of halogens is 10. The van der Waals surface area contributed by atoms with Crippen molar-refractivity contribution in [2.24, 2.45) is 0 Å². The summed E-state index contributed by atoms with van der Waals surface area (Å²) >= 11 is 0. The van der Waals surface area contributed by atoms with Crippen molar-refractivity contribution in [3.8, 4) is 5.75 Å². The summed E-state index contributed by atoms with van der Waals surface area (Å²) in [5, 5.41) is 2.41. The normalized spacial score (nSPS) is 13.5. The highest BCUT2D eigenvalue weighted by molar-refractivity contribution is 5.95. The molecule has 1 atom stereocenters. The summed E-state index contributed by atoms with van der Waals surface area (Å²) in [6.45, 7) is -3.32. The van der Waals surface area contributed by atoms with Gasteiger partial charge in [0.05, 0.1) is 16.7 Å². The molecule has 4 rings (SSSR count). The maximum Gasteiger partial charge on any atom is 0.419 e. The van der Waals surface area contributed by atoms with E-state index in [9.17, 15) is 48.7 Å². The molecule has 0 aliphatic heterocycles. The Balaban J connectivity index is 2.01. The zero-order valence-electron chi connectivity index (χ0n) is 21.5. The first-order valence-electron chi connectivity index (χ1n) is 12.3. The summed E-state index contributed by atoms with van der Waals surface area (Å²) in [5.74, 6) is -4.86. The molecule has 13 heteroatoms. The van der Waals surface area contributed by atoms with E-state index in [1.807, 2.05) is 0 Å². The van der Waals surface area contributed by atoms with Gasteiger partial charge in [-0.25, -0.2) is 8.78 Å². The molecule has 0 fully saturated rings. The van der Waals surface area contributed by atoms with Crippen molar-refractivity contribution in [3.05, 3.63) is 136 Å². The standard InChI is InChI=1S/C30H19F10NO2/c31-22-13-20(12-21(14-22)29(35,36)37)28(16-17-5-2-1-3-6-17,19-7-4-8-23(15-19)43-27(33)34)41-26(42)18-9-10-25(32)24(11-18)30(38,39)40/h1-15,27H,16H2,(H,41,42). The molecule has 0 saturated carbocycles. The first-order chi connectivity index (χ1) is 20.1. The largest absolute Gasteiger partial charge is 0.435 e. The average Bonchev–Trinajstić information content (AvgIpc) is 2.91. The van der Waals surface area contributed by atoms with Gasteiger partial charge in [-0.2, -0.15) is 35.1 Å². The molecule has 3 nitrogen and oxygen atoms in total. The number of carbonyl (C=O) groups is 1. The van der Waals surface area contributed by atoms with Crippen molar-refractivity contribution >= 4 is 5.91 Å². The van der Waals surface area contributed by atoms with E-state index in [4.69, 9.17) is 0 Å². The van der Waals surface area contributed by atoms with Gasteiger partial charge < -0.3 is 10.1 Å². The summed E-state index contributed by atoms with van der Waals surface area (Å²) in [4.78, 5) is 13.5. The van der Waals surface area contributed by atoms with Crippen molar-refractivity contribution in [3.63, 3.8) is 0 Å². The highest BCUT2D eigenvalue weighted by atomic mass is 19.4. The van der Waals surface area contributed by atoms with E-state index >= 15 is 0 Å². The number of nitrogens with one attached hydrogen (secondary N) is 1. The van der Waals surface area contributed by atoms with Gasteiger partial charge in [0.25, 0.3) is 5.91 Å². The molecule has 0 aliphatic carbocycles. The lowest BCUT2D eigenvalue weighted by Crippen LogP contribution is -2.49. The summed E-state index contributed by atoms with van der Waals surface area (Å²) < 4.78 is 141. The van der Waals surface area contributed by atoms with Crippen LogP contribution in [0.2, 0.25) is 0 Å². The third-order valence-electron chi connectivity index (χ3n) is 6.44. The van der Waals surface area contributed by atoms with Crippen LogP contribution in [0.25, 0.3) is 0 Å². The lowest BCUT2D eigenvalue weighted by atomic mass is 9.77. The zero-order chi connectivity index (χ0) is 31.6. The molecule has 1 N–H and O–H groups in total. The topological polar surface area (TPSA) is 38.3 Å². The molecule has 1 unspecified atom stereocenters. The first-order valence-corrected chi connectivity index (χ1v) is 12.3. The van der Waals surface area contributed by atoms with E-state index in [0.717, 1.165) is 18.2 Å². The van der Waals surface area contributed by atoms with Gasteiger partial charge in [-0.1, -0.05) is 42.5 Å². The second kappa shape index (κ2) is 12.0. The number of benzene rings is 4. The Kier molecular flexibility index (Phi) is 8.74. The second-order valence-corrected chi connectivity index (χ2v) is 9.35. The minimum atomic E-state index is -5.20. The smallest absolute Gasteiger partial charge is 0.419 e. The van der Waals surface area contributed by atoms with Crippen LogP contribution in [0.1, 0.15) is 38.2 Å². The Bertz CT molecular complexity index is 1600. The number of carbonyl (C=O) groups excluding carboxylic acids is 1. The van der Waals surface area contributed by atoms with Crippen LogP contribution in [0.5, 0.6) is 5.75 Å². The van der Waals surface area contributed by atoms with Crippen molar-refractivity contribution < 1.29 is 53.4 Å². The van der Waals surface area contributed by atoms with Crippen molar-refractivity contribution in [1.29, 1.82) is 0 Å². The highest BCUT2D eigenvalue weighted by Gasteiger charge is 2.41. The highest BCUT2D eigenvalue weighted by Crippen LogP contribution is 2.40. The van der Waals surface area contributed by atoms with Gasteiger partial charge in [-0.15, -0.1) is 0 Å². The molecule has 0 heterocycles. The molecule has 0 radical (unpaired) electrons. The molecule has 0 aliphatic rings. The number of hydrogen-bond donors (Lipinski definition) is 1. The van der Waals surface area contributed by atoms with E-state index < -0.39 is 76.5 Å². The fraction of sp³-hybridized carbons (Fsp3) is 0.167. The zero-order valence-corrected chi connectivity index (χ0v) is 21.5. The van der Waals surface area contributed by atoms with Gasteiger partial charge in [-0.05, 0) is 65.2 Å². The Morgan fingerprint density at radius 3 is 2.02 bits per heavy atom. The fourth-order valence-corrected chi connectivity index (χ4v) is 4.55. The molecule has 4 aromatic carbocycles. The average molecular weight is 615 g/mol. The van der Waals surface area contributed by atoms with Crippen molar-refractivity contribution in [1.82, 2.24) is 5.32 Å². The molecular weight excluding hydrogens is 596 g/mol. The quantitative estimate of drug-likeness (QED) is 0.202. The second-order valence-electron chi connectivity index (χ2n) is 9.35. The van der Waals surface area contributed by atoms with Crippen LogP contribution in [0.3, 0.4) is 0 Å². The van der Waals surface area contributed by atoms with Gasteiger partial charge in [0.15, 0.2) is 0 Å². The SMILES string of the molecule is O=C(NC(Cc1ccccc1)(c1cccc(OC(F)F)c1)c1cc(F)cc(C(F)(F)F)c1)c1ccc(F)c(C(F)(F)F)c1. The van der Waals surface area contributed by atoms with Crippen LogP contribution in [0, 0.1) is 11.6 Å². The van der Waals surface area contributed by atoms with E-state index in [1.165, 1.54) is 24.3 Å². The van der Waals surface area contributed by atoms with E-state index in [2.05, 4.69) is 10.1 Å². The summed E-state index contributed by atoms with van der Waals surface area (Å²) in [6, 6.07) is 14.9. The molecule has 4 aromatic rings. The first kappa shape index (κ1) is 31.4. The summed E-state index contributed by atoms with van der Waals surface area (Å²) in [7, 11) is 0. The van der Waals surface area contributed by atoms with Crippen LogP contribution >= 0.6 is 0 Å². The van der Waals surface area contributed by atoms with Crippen LogP contribution in [0.4, 0.5) is 43.9 Å². The summed E-state index contributed by atoms with van der Waals surface area (Å²) in [5.41, 5.74) is -6.57. The minimum Gasteiger partial charge on any atom is -0.435 e. The van der Waals surface area contributed by atoms with Gasteiger partial charge in [0.2, 0.25) is 0 Å². The molecule has 0 aromatic heterocycles. The predicted octanol–water partition coefficient (Wildman–Crippen LogP) is 8.52. The van der Waals surface area contributed by atoms with Gasteiger partial charge >= 0.3 is 19.0 Å². The Labute approximate surface area is 237 Å². The summed E-state index contributed by atoms with van der Waals surface area (Å²) in [6.07, 6.45) is -10.7. The Hall–Kier alpha value is -4.55.